The Morgan fingerprint density at radius 1 is 1.24 bits per heavy atom. The van der Waals surface area contributed by atoms with Crippen molar-refractivity contribution in [3.8, 4) is 0 Å². The molecule has 6 nitrogen and oxygen atoms in total. The zero-order chi connectivity index (χ0) is 14.8. The monoisotopic (exact) mass is 289 g/mol. The summed E-state index contributed by atoms with van der Waals surface area (Å²) in [6, 6.07) is 2.15. The number of piperazine rings is 1. The molecule has 0 saturated carbocycles. The normalized spacial score (nSPS) is 17.0. The van der Waals surface area contributed by atoms with Crippen molar-refractivity contribution in [2.75, 3.05) is 44.2 Å². The van der Waals surface area contributed by atoms with Gasteiger partial charge in [0, 0.05) is 45.1 Å². The van der Waals surface area contributed by atoms with E-state index >= 15 is 0 Å². The van der Waals surface area contributed by atoms with Crippen LogP contribution in [0.3, 0.4) is 0 Å². The first kappa shape index (κ1) is 14.3. The lowest BCUT2D eigenvalue weighted by Gasteiger charge is -2.35. The van der Waals surface area contributed by atoms with Gasteiger partial charge in [-0.1, -0.05) is 13.8 Å². The summed E-state index contributed by atoms with van der Waals surface area (Å²) < 4.78 is 1.93. The maximum atomic E-state index is 9.02. The quantitative estimate of drug-likeness (QED) is 0.909. The molecule has 1 N–H and O–H groups in total. The number of hydrogen-bond acceptors (Lipinski definition) is 5. The van der Waals surface area contributed by atoms with E-state index in [4.69, 9.17) is 5.11 Å². The maximum absolute atomic E-state index is 9.02. The van der Waals surface area contributed by atoms with Crippen LogP contribution < -0.4 is 4.90 Å². The van der Waals surface area contributed by atoms with Crippen molar-refractivity contribution in [1.29, 1.82) is 0 Å². The van der Waals surface area contributed by atoms with Crippen molar-refractivity contribution in [2.24, 2.45) is 0 Å². The molecule has 0 spiro atoms. The zero-order valence-corrected chi connectivity index (χ0v) is 12.7. The maximum Gasteiger partial charge on any atom is 0.154 e. The highest BCUT2D eigenvalue weighted by Gasteiger charge is 2.20. The van der Waals surface area contributed by atoms with Crippen molar-refractivity contribution in [3.63, 3.8) is 0 Å². The van der Waals surface area contributed by atoms with Gasteiger partial charge < -0.3 is 10.0 Å². The van der Waals surface area contributed by atoms with E-state index in [0.717, 1.165) is 49.8 Å². The first-order valence-electron chi connectivity index (χ1n) is 7.61. The minimum absolute atomic E-state index is 0.230. The van der Waals surface area contributed by atoms with Crippen molar-refractivity contribution < 1.29 is 5.11 Å². The van der Waals surface area contributed by atoms with Crippen molar-refractivity contribution in [1.82, 2.24) is 19.5 Å². The molecular formula is C15H23N5O. The fraction of sp³-hybridized carbons (Fsp3) is 0.600. The molecule has 1 aliphatic rings. The van der Waals surface area contributed by atoms with Crippen LogP contribution in [-0.2, 0) is 0 Å². The van der Waals surface area contributed by atoms with Gasteiger partial charge in [0.25, 0.3) is 0 Å². The van der Waals surface area contributed by atoms with Gasteiger partial charge in [-0.3, -0.25) is 4.90 Å². The van der Waals surface area contributed by atoms with Gasteiger partial charge in [0.15, 0.2) is 5.82 Å². The molecule has 0 amide bonds. The largest absolute Gasteiger partial charge is 0.395 e. The van der Waals surface area contributed by atoms with Crippen molar-refractivity contribution in [3.05, 3.63) is 24.2 Å². The number of aromatic nitrogens is 3. The first-order chi connectivity index (χ1) is 10.2. The van der Waals surface area contributed by atoms with Crippen LogP contribution in [0.2, 0.25) is 0 Å². The fourth-order valence-corrected chi connectivity index (χ4v) is 2.78. The molecule has 0 aromatic carbocycles. The number of anilines is 1. The van der Waals surface area contributed by atoms with Crippen LogP contribution in [0.25, 0.3) is 5.52 Å². The third-order valence-electron chi connectivity index (χ3n) is 4.07. The Morgan fingerprint density at radius 2 is 2.00 bits per heavy atom. The van der Waals surface area contributed by atoms with Crippen LogP contribution >= 0.6 is 0 Å². The molecule has 1 aliphatic heterocycles. The second-order valence-corrected chi connectivity index (χ2v) is 5.86. The molecule has 0 radical (unpaired) electrons. The molecule has 1 fully saturated rings. The van der Waals surface area contributed by atoms with E-state index in [0.29, 0.717) is 5.92 Å². The van der Waals surface area contributed by atoms with Crippen LogP contribution in [0.15, 0.2) is 18.5 Å². The molecule has 21 heavy (non-hydrogen) atoms. The van der Waals surface area contributed by atoms with Gasteiger partial charge in [-0.05, 0) is 12.0 Å². The van der Waals surface area contributed by atoms with Gasteiger partial charge in [0.2, 0.25) is 0 Å². The molecule has 3 rings (SSSR count). The van der Waals surface area contributed by atoms with E-state index in [-0.39, 0.29) is 6.61 Å². The van der Waals surface area contributed by atoms with Gasteiger partial charge in [-0.25, -0.2) is 9.50 Å². The molecule has 0 atom stereocenters. The third-order valence-corrected chi connectivity index (χ3v) is 4.07. The lowest BCUT2D eigenvalue weighted by molar-refractivity contribution is 0.188. The summed E-state index contributed by atoms with van der Waals surface area (Å²) in [4.78, 5) is 9.17. The lowest BCUT2D eigenvalue weighted by Crippen LogP contribution is -2.47. The summed E-state index contributed by atoms with van der Waals surface area (Å²) >= 11 is 0. The van der Waals surface area contributed by atoms with E-state index < -0.39 is 0 Å². The molecule has 6 heteroatoms. The minimum Gasteiger partial charge on any atom is -0.395 e. The molecule has 0 aliphatic carbocycles. The highest BCUT2D eigenvalue weighted by molar-refractivity contribution is 5.69. The van der Waals surface area contributed by atoms with E-state index in [1.807, 2.05) is 16.9 Å². The Labute approximate surface area is 125 Å². The second kappa shape index (κ2) is 5.99. The van der Waals surface area contributed by atoms with Gasteiger partial charge in [0.1, 0.15) is 5.52 Å². The van der Waals surface area contributed by atoms with Gasteiger partial charge in [0.05, 0.1) is 12.3 Å². The van der Waals surface area contributed by atoms with E-state index in [1.165, 1.54) is 0 Å². The SMILES string of the molecule is CC(C)c1cc2c(N3CCN(CCO)CC3)nccn2n1. The van der Waals surface area contributed by atoms with Crippen LogP contribution in [0.5, 0.6) is 0 Å². The second-order valence-electron chi connectivity index (χ2n) is 5.86. The number of aliphatic hydroxyl groups excluding tert-OH is 1. The Morgan fingerprint density at radius 3 is 2.67 bits per heavy atom. The average molecular weight is 289 g/mol. The summed E-state index contributed by atoms with van der Waals surface area (Å²) in [6.07, 6.45) is 3.73. The topological polar surface area (TPSA) is 56.9 Å². The zero-order valence-electron chi connectivity index (χ0n) is 12.7. The number of nitrogens with zero attached hydrogens (tertiary/aromatic N) is 5. The first-order valence-corrected chi connectivity index (χ1v) is 7.61. The molecule has 114 valence electrons. The Bertz CT molecular complexity index is 601. The number of hydrogen-bond donors (Lipinski definition) is 1. The summed E-state index contributed by atoms with van der Waals surface area (Å²) in [5, 5.41) is 13.6. The summed E-state index contributed by atoms with van der Waals surface area (Å²) in [6.45, 7) is 9.11. The Balaban J connectivity index is 1.84. The van der Waals surface area contributed by atoms with Gasteiger partial charge >= 0.3 is 0 Å². The highest BCUT2D eigenvalue weighted by Crippen LogP contribution is 2.23. The van der Waals surface area contributed by atoms with E-state index in [2.05, 4.69) is 39.8 Å². The molecule has 0 unspecified atom stereocenters. The molecule has 3 heterocycles. The van der Waals surface area contributed by atoms with Crippen molar-refractivity contribution >= 4 is 11.3 Å². The summed E-state index contributed by atoms with van der Waals surface area (Å²) in [5.74, 6) is 1.43. The number of fused-ring (bicyclic) bond motifs is 1. The van der Waals surface area contributed by atoms with Crippen LogP contribution in [0, 0.1) is 0 Å². The standard InChI is InChI=1S/C15H23N5O/c1-12(2)13-11-14-15(16-3-4-20(14)17-13)19-7-5-18(6-8-19)9-10-21/h3-4,11-12,21H,5-10H2,1-2H3. The van der Waals surface area contributed by atoms with Gasteiger partial charge in [-0.15, -0.1) is 0 Å². The smallest absolute Gasteiger partial charge is 0.154 e. The van der Waals surface area contributed by atoms with Gasteiger partial charge in [-0.2, -0.15) is 5.10 Å². The highest BCUT2D eigenvalue weighted by atomic mass is 16.3. The molecule has 0 bridgehead atoms. The van der Waals surface area contributed by atoms with Crippen LogP contribution in [-0.4, -0.2) is 63.9 Å². The molecule has 2 aromatic heterocycles. The summed E-state index contributed by atoms with van der Waals surface area (Å²) in [7, 11) is 0. The molecular weight excluding hydrogens is 266 g/mol. The predicted octanol–water partition coefficient (Wildman–Crippen LogP) is 0.967. The number of rotatable bonds is 4. The van der Waals surface area contributed by atoms with Crippen molar-refractivity contribution in [2.45, 2.75) is 19.8 Å². The van der Waals surface area contributed by atoms with E-state index in [9.17, 15) is 0 Å². The fourth-order valence-electron chi connectivity index (χ4n) is 2.78. The van der Waals surface area contributed by atoms with E-state index in [1.54, 1.807) is 0 Å². The average Bonchev–Trinajstić information content (AvgIpc) is 2.93. The molecule has 1 saturated heterocycles. The Hall–Kier alpha value is -1.66. The minimum atomic E-state index is 0.230. The predicted molar refractivity (Wildman–Crippen MR) is 82.8 cm³/mol. The lowest BCUT2D eigenvalue weighted by atomic mass is 10.1. The third kappa shape index (κ3) is 2.87. The van der Waals surface area contributed by atoms with Crippen LogP contribution in [0.4, 0.5) is 5.82 Å². The Kier molecular flexibility index (Phi) is 4.07. The summed E-state index contributed by atoms with van der Waals surface area (Å²) in [5.41, 5.74) is 2.18. The van der Waals surface area contributed by atoms with Crippen LogP contribution in [0.1, 0.15) is 25.5 Å². The number of β-amino-alcohol motifs (C(OH)–C–C–N with tert-alkyl or cyclic N) is 1. The number of aliphatic hydroxyl groups is 1. The molecule has 2 aromatic rings.